The zero-order chi connectivity index (χ0) is 31.6. The number of ether oxygens (including phenoxy) is 1. The summed E-state index contributed by atoms with van der Waals surface area (Å²) in [6.45, 7) is 3.54. The van der Waals surface area contributed by atoms with E-state index in [0.29, 0.717) is 50.5 Å². The topological polar surface area (TPSA) is 166 Å². The number of esters is 1. The molecule has 0 saturated heterocycles. The Morgan fingerprint density at radius 1 is 1.00 bits per heavy atom. The summed E-state index contributed by atoms with van der Waals surface area (Å²) < 4.78 is 5.30. The number of unbranched alkanes of at least 4 members (excludes halogenated alkanes) is 5. The molecular weight excluding hydrogens is 556 g/mol. The van der Waals surface area contributed by atoms with Crippen LogP contribution in [0.3, 0.4) is 0 Å². The number of nitrogens with one attached hydrogen (secondary N) is 1. The zero-order valence-corrected chi connectivity index (χ0v) is 25.5. The van der Waals surface area contributed by atoms with E-state index < -0.39 is 29.6 Å². The fourth-order valence-corrected chi connectivity index (χ4v) is 5.44. The van der Waals surface area contributed by atoms with Crippen molar-refractivity contribution < 1.29 is 44.6 Å². The number of amides is 1. The van der Waals surface area contributed by atoms with E-state index >= 15 is 0 Å². The highest BCUT2D eigenvalue weighted by Crippen LogP contribution is 2.38. The Hall–Kier alpha value is -2.67. The lowest BCUT2D eigenvalue weighted by Gasteiger charge is -2.22. The number of nitrogens with zero attached hydrogens (tertiary/aromatic N) is 1. The summed E-state index contributed by atoms with van der Waals surface area (Å²) in [7, 11) is 0. The summed E-state index contributed by atoms with van der Waals surface area (Å²) in [4.78, 5) is 41.6. The number of hydrogen-bond donors (Lipinski definition) is 5. The van der Waals surface area contributed by atoms with Crippen molar-refractivity contribution in [2.24, 2.45) is 11.8 Å². The van der Waals surface area contributed by atoms with Crippen LogP contribution in [0.15, 0.2) is 36.4 Å². The Kier molecular flexibility index (Phi) is 17.3. The second-order valence-electron chi connectivity index (χ2n) is 11.4. The maximum Gasteiger partial charge on any atom is 0.333 e. The molecule has 0 bridgehead atoms. The second kappa shape index (κ2) is 20.3. The van der Waals surface area contributed by atoms with Crippen molar-refractivity contribution in [1.82, 2.24) is 10.7 Å². The molecule has 1 fully saturated rings. The number of carbonyl (C=O) groups excluding carboxylic acids is 3. The Balaban J connectivity index is 1.66. The lowest BCUT2D eigenvalue weighted by molar-refractivity contribution is -0.497. The van der Waals surface area contributed by atoms with Crippen molar-refractivity contribution in [2.75, 3.05) is 0 Å². The van der Waals surface area contributed by atoms with Gasteiger partial charge in [-0.25, -0.2) is 9.63 Å². The van der Waals surface area contributed by atoms with E-state index in [9.17, 15) is 24.6 Å². The van der Waals surface area contributed by atoms with Crippen LogP contribution >= 0.6 is 0 Å². The molecule has 11 heteroatoms. The van der Waals surface area contributed by atoms with Gasteiger partial charge in [-0.1, -0.05) is 56.9 Å². The highest BCUT2D eigenvalue weighted by Gasteiger charge is 2.40. The van der Waals surface area contributed by atoms with Gasteiger partial charge in [0.05, 0.1) is 24.2 Å². The SMILES string of the molecule is CCCCCCCC(=O)CC[C@@H]1[C@@H](C/C=C\CCCC(=O)NC(C)C(=O)Oc2cccc(CON(O)O)c2)[C@@H](O)C[C@H]1O. The van der Waals surface area contributed by atoms with Crippen molar-refractivity contribution in [3.05, 3.63) is 42.0 Å². The molecule has 0 aromatic heterocycles. The van der Waals surface area contributed by atoms with Crippen LogP contribution in [0, 0.1) is 11.8 Å². The molecule has 1 aromatic carbocycles. The van der Waals surface area contributed by atoms with Gasteiger partial charge in [0.25, 0.3) is 0 Å². The first kappa shape index (κ1) is 36.5. The van der Waals surface area contributed by atoms with E-state index in [1.807, 2.05) is 12.2 Å². The van der Waals surface area contributed by atoms with Crippen LogP contribution in [-0.4, -0.2) is 61.9 Å². The molecule has 0 radical (unpaired) electrons. The maximum atomic E-state index is 12.4. The molecule has 5 atom stereocenters. The van der Waals surface area contributed by atoms with Crippen LogP contribution in [0.5, 0.6) is 5.75 Å². The Labute approximate surface area is 254 Å². The highest BCUT2D eigenvalue weighted by atomic mass is 17.1. The van der Waals surface area contributed by atoms with Crippen LogP contribution < -0.4 is 10.1 Å². The molecule has 242 valence electrons. The number of Topliss-reactive ketones (excluding diaryl/α,β-unsaturated/α-hetero) is 1. The molecule has 1 saturated carbocycles. The van der Waals surface area contributed by atoms with Gasteiger partial charge >= 0.3 is 5.97 Å². The summed E-state index contributed by atoms with van der Waals surface area (Å²) in [6.07, 6.45) is 12.3. The van der Waals surface area contributed by atoms with Gasteiger partial charge in [0, 0.05) is 19.3 Å². The van der Waals surface area contributed by atoms with Crippen molar-refractivity contribution in [3.8, 4) is 5.75 Å². The molecule has 1 amide bonds. The fraction of sp³-hybridized carbons (Fsp3) is 0.656. The number of allylic oxidation sites excluding steroid dienone is 2. The van der Waals surface area contributed by atoms with Gasteiger partial charge in [0.1, 0.15) is 17.6 Å². The third kappa shape index (κ3) is 14.6. The van der Waals surface area contributed by atoms with Gasteiger partial charge < -0.3 is 20.3 Å². The molecule has 43 heavy (non-hydrogen) atoms. The van der Waals surface area contributed by atoms with Crippen LogP contribution in [-0.2, 0) is 25.8 Å². The largest absolute Gasteiger partial charge is 0.425 e. The van der Waals surface area contributed by atoms with Crippen LogP contribution in [0.4, 0.5) is 0 Å². The minimum Gasteiger partial charge on any atom is -0.425 e. The van der Waals surface area contributed by atoms with Crippen molar-refractivity contribution in [1.29, 1.82) is 0 Å². The average Bonchev–Trinajstić information content (AvgIpc) is 3.23. The lowest BCUT2D eigenvalue weighted by atomic mass is 9.86. The number of carbonyl (C=O) groups is 3. The molecule has 1 unspecified atom stereocenters. The maximum absolute atomic E-state index is 12.4. The number of benzene rings is 1. The first-order valence-corrected chi connectivity index (χ1v) is 15.5. The predicted molar refractivity (Wildman–Crippen MR) is 159 cm³/mol. The van der Waals surface area contributed by atoms with Crippen molar-refractivity contribution >= 4 is 17.7 Å². The minimum atomic E-state index is -0.867. The summed E-state index contributed by atoms with van der Waals surface area (Å²) in [5.41, 5.74) is 0.538. The van der Waals surface area contributed by atoms with Crippen LogP contribution in [0.25, 0.3) is 0 Å². The van der Waals surface area contributed by atoms with Crippen molar-refractivity contribution in [3.63, 3.8) is 0 Å². The molecule has 2 rings (SSSR count). The molecule has 1 aromatic rings. The van der Waals surface area contributed by atoms with E-state index in [0.717, 1.165) is 19.3 Å². The minimum absolute atomic E-state index is 0.0916. The molecule has 11 nitrogen and oxygen atoms in total. The molecule has 0 aliphatic heterocycles. The van der Waals surface area contributed by atoms with Crippen LogP contribution in [0.1, 0.15) is 103 Å². The van der Waals surface area contributed by atoms with E-state index in [2.05, 4.69) is 17.1 Å². The van der Waals surface area contributed by atoms with Gasteiger partial charge in [0.15, 0.2) is 0 Å². The summed E-state index contributed by atoms with van der Waals surface area (Å²) in [5, 5.41) is 40.5. The number of aliphatic hydroxyl groups is 2. The summed E-state index contributed by atoms with van der Waals surface area (Å²) >= 11 is 0. The van der Waals surface area contributed by atoms with E-state index in [1.165, 1.54) is 25.8 Å². The quantitative estimate of drug-likeness (QED) is 0.0432. The van der Waals surface area contributed by atoms with Crippen molar-refractivity contribution in [2.45, 2.75) is 122 Å². The Morgan fingerprint density at radius 2 is 1.74 bits per heavy atom. The normalized spacial score (nSPS) is 20.9. The fourth-order valence-electron chi connectivity index (χ4n) is 5.44. The highest BCUT2D eigenvalue weighted by molar-refractivity contribution is 5.85. The van der Waals surface area contributed by atoms with Gasteiger partial charge in [0.2, 0.25) is 5.91 Å². The standard InChI is InChI=1S/C32H50N2O9/c1-3-4-5-6-9-14-25(35)18-19-28-27(29(36)21-30(28)37)16-10-7-8-11-17-31(38)33-23(2)32(39)43-26-15-12-13-24(20-26)22-42-34(40)41/h7,10,12-13,15,20,23,27-30,36-37,40-41H,3-6,8-9,11,14,16-19,21-22H2,1-2H3,(H,33,38)/b10-7-/t23?,27-,28-,29+,30-/m1/s1. The monoisotopic (exact) mass is 606 g/mol. The summed E-state index contributed by atoms with van der Waals surface area (Å²) in [6, 6.07) is 5.46. The predicted octanol–water partition coefficient (Wildman–Crippen LogP) is 4.79. The van der Waals surface area contributed by atoms with Gasteiger partial charge in [-0.3, -0.25) is 20.0 Å². The van der Waals surface area contributed by atoms with E-state index in [1.54, 1.807) is 18.2 Å². The Bertz CT molecular complexity index is 1020. The number of hydrogen-bond acceptors (Lipinski definition) is 10. The van der Waals surface area contributed by atoms with Crippen LogP contribution in [0.2, 0.25) is 0 Å². The smallest absolute Gasteiger partial charge is 0.333 e. The van der Waals surface area contributed by atoms with Gasteiger partial charge in [-0.15, -0.1) is 0 Å². The third-order valence-corrected chi connectivity index (χ3v) is 7.88. The summed E-state index contributed by atoms with van der Waals surface area (Å²) in [5.74, 6) is -0.651. The first-order valence-electron chi connectivity index (χ1n) is 15.5. The van der Waals surface area contributed by atoms with Gasteiger partial charge in [-0.2, -0.15) is 0 Å². The van der Waals surface area contributed by atoms with Gasteiger partial charge in [-0.05, 0) is 75.0 Å². The van der Waals surface area contributed by atoms with E-state index in [4.69, 9.17) is 15.2 Å². The molecule has 1 aliphatic carbocycles. The lowest BCUT2D eigenvalue weighted by Crippen LogP contribution is -2.40. The number of ketones is 1. The average molecular weight is 607 g/mol. The molecule has 0 heterocycles. The number of rotatable bonds is 21. The number of aliphatic hydroxyl groups excluding tert-OH is 2. The zero-order valence-electron chi connectivity index (χ0n) is 25.5. The molecule has 1 aliphatic rings. The second-order valence-corrected chi connectivity index (χ2v) is 11.4. The first-order chi connectivity index (χ1) is 20.6. The molecule has 5 N–H and O–H groups in total. The molecule has 0 spiro atoms. The van der Waals surface area contributed by atoms with E-state index in [-0.39, 0.29) is 42.3 Å². The third-order valence-electron chi connectivity index (χ3n) is 7.88. The Morgan fingerprint density at radius 3 is 2.49 bits per heavy atom. The molecular formula is C32H50N2O9.